The summed E-state index contributed by atoms with van der Waals surface area (Å²) in [6.07, 6.45) is 2.57. The lowest BCUT2D eigenvalue weighted by Crippen LogP contribution is -2.53. The summed E-state index contributed by atoms with van der Waals surface area (Å²) in [4.78, 5) is 23.4. The van der Waals surface area contributed by atoms with Gasteiger partial charge < -0.3 is 15.7 Å². The Kier molecular flexibility index (Phi) is 4.70. The molecule has 1 saturated carbocycles. The van der Waals surface area contributed by atoms with E-state index in [0.717, 1.165) is 21.8 Å². The van der Waals surface area contributed by atoms with E-state index in [-0.39, 0.29) is 0 Å². The maximum Gasteiger partial charge on any atom is 0.329 e. The van der Waals surface area contributed by atoms with Crippen LogP contribution in [-0.4, -0.2) is 22.6 Å². The molecule has 1 aliphatic carbocycles. The number of carboxylic acids is 1. The van der Waals surface area contributed by atoms with Crippen molar-refractivity contribution in [3.05, 3.63) is 27.1 Å². The molecule has 1 aliphatic rings. The van der Waals surface area contributed by atoms with Gasteiger partial charge in [-0.05, 0) is 47.0 Å². The van der Waals surface area contributed by atoms with Gasteiger partial charge in [-0.25, -0.2) is 9.59 Å². The predicted octanol–water partition coefficient (Wildman–Crippen LogP) is 3.73. The van der Waals surface area contributed by atoms with Gasteiger partial charge in [-0.15, -0.1) is 0 Å². The van der Waals surface area contributed by atoms with E-state index in [1.54, 1.807) is 18.2 Å². The lowest BCUT2D eigenvalue weighted by atomic mass is 9.98. The van der Waals surface area contributed by atoms with Crippen LogP contribution in [0.5, 0.6) is 0 Å². The minimum atomic E-state index is -1.13. The third-order valence-corrected chi connectivity index (χ3v) is 4.55. The van der Waals surface area contributed by atoms with E-state index in [0.29, 0.717) is 18.5 Å². The van der Waals surface area contributed by atoms with Gasteiger partial charge in [0.2, 0.25) is 0 Å². The number of carboxylic acid groups (broad SMARTS) is 1. The summed E-state index contributed by atoms with van der Waals surface area (Å²) in [7, 11) is 0. The highest BCUT2D eigenvalue weighted by Gasteiger charge is 2.42. The van der Waals surface area contributed by atoms with Gasteiger partial charge in [0.25, 0.3) is 0 Å². The van der Waals surface area contributed by atoms with Gasteiger partial charge in [0, 0.05) is 8.95 Å². The Morgan fingerprint density at radius 1 is 1.20 bits per heavy atom. The van der Waals surface area contributed by atoms with Gasteiger partial charge in [0.05, 0.1) is 5.69 Å². The molecule has 0 atom stereocenters. The Morgan fingerprint density at radius 2 is 1.85 bits per heavy atom. The largest absolute Gasteiger partial charge is 0.480 e. The molecule has 2 amide bonds. The number of aliphatic carboxylic acids is 1. The highest BCUT2D eigenvalue weighted by molar-refractivity contribution is 9.11. The minimum Gasteiger partial charge on any atom is -0.480 e. The Bertz CT molecular complexity index is 542. The average molecular weight is 406 g/mol. The molecule has 0 radical (unpaired) electrons. The predicted molar refractivity (Wildman–Crippen MR) is 82.8 cm³/mol. The van der Waals surface area contributed by atoms with Crippen molar-refractivity contribution in [3.63, 3.8) is 0 Å². The summed E-state index contributed by atoms with van der Waals surface area (Å²) in [5.74, 6) is -0.972. The van der Waals surface area contributed by atoms with E-state index in [9.17, 15) is 14.7 Å². The third-order valence-electron chi connectivity index (χ3n) is 3.40. The molecule has 1 aromatic rings. The minimum absolute atomic E-state index is 0.470. The summed E-state index contributed by atoms with van der Waals surface area (Å²) in [5, 5.41) is 14.6. The number of carbonyl (C=O) groups excluding carboxylic acids is 1. The molecule has 0 spiro atoms. The summed E-state index contributed by atoms with van der Waals surface area (Å²) in [6.45, 7) is 0. The highest BCUT2D eigenvalue weighted by Crippen LogP contribution is 2.30. The zero-order valence-corrected chi connectivity index (χ0v) is 13.8. The first-order valence-corrected chi connectivity index (χ1v) is 7.79. The molecule has 0 saturated heterocycles. The Labute approximate surface area is 133 Å². The SMILES string of the molecule is O=C(Nc1ccc(Br)cc1Br)NC1(C(=O)O)CCCC1. The number of urea groups is 1. The smallest absolute Gasteiger partial charge is 0.329 e. The van der Waals surface area contributed by atoms with Gasteiger partial charge in [-0.2, -0.15) is 0 Å². The first kappa shape index (κ1) is 15.3. The van der Waals surface area contributed by atoms with Crippen LogP contribution >= 0.6 is 31.9 Å². The first-order chi connectivity index (χ1) is 9.43. The van der Waals surface area contributed by atoms with Crippen LogP contribution in [0.2, 0.25) is 0 Å². The molecule has 3 N–H and O–H groups in total. The molecular weight excluding hydrogens is 392 g/mol. The number of amides is 2. The molecule has 1 fully saturated rings. The van der Waals surface area contributed by atoms with Crippen molar-refractivity contribution >= 4 is 49.5 Å². The number of halogens is 2. The number of hydrogen-bond donors (Lipinski definition) is 3. The second-order valence-corrected chi connectivity index (χ2v) is 6.57. The van der Waals surface area contributed by atoms with E-state index in [4.69, 9.17) is 0 Å². The van der Waals surface area contributed by atoms with Gasteiger partial charge in [0.1, 0.15) is 5.54 Å². The number of anilines is 1. The molecule has 5 nitrogen and oxygen atoms in total. The van der Waals surface area contributed by atoms with E-state index in [1.807, 2.05) is 0 Å². The van der Waals surface area contributed by atoms with Crippen LogP contribution in [0.1, 0.15) is 25.7 Å². The molecule has 0 bridgehead atoms. The van der Waals surface area contributed by atoms with E-state index in [2.05, 4.69) is 42.5 Å². The molecule has 0 unspecified atom stereocenters. The Balaban J connectivity index is 2.07. The third kappa shape index (κ3) is 3.32. The summed E-state index contributed by atoms with van der Waals surface area (Å²) < 4.78 is 1.60. The van der Waals surface area contributed by atoms with E-state index in [1.165, 1.54) is 0 Å². The number of hydrogen-bond acceptors (Lipinski definition) is 2. The van der Waals surface area contributed by atoms with Crippen molar-refractivity contribution in [1.29, 1.82) is 0 Å². The second-order valence-electron chi connectivity index (χ2n) is 4.80. The second kappa shape index (κ2) is 6.13. The van der Waals surface area contributed by atoms with Crippen LogP contribution in [0.25, 0.3) is 0 Å². The molecule has 7 heteroatoms. The normalized spacial score (nSPS) is 16.7. The first-order valence-electron chi connectivity index (χ1n) is 6.20. The van der Waals surface area contributed by atoms with Crippen LogP contribution in [0.3, 0.4) is 0 Å². The lowest BCUT2D eigenvalue weighted by Gasteiger charge is -2.25. The number of nitrogens with one attached hydrogen (secondary N) is 2. The van der Waals surface area contributed by atoms with Crippen LogP contribution in [0, 0.1) is 0 Å². The fourth-order valence-corrected chi connectivity index (χ4v) is 3.48. The number of carbonyl (C=O) groups is 2. The summed E-state index contributed by atoms with van der Waals surface area (Å²) in [5.41, 5.74) is -0.546. The van der Waals surface area contributed by atoms with Gasteiger partial charge in [0.15, 0.2) is 0 Å². The van der Waals surface area contributed by atoms with Crippen molar-refractivity contribution in [2.24, 2.45) is 0 Å². The van der Waals surface area contributed by atoms with Gasteiger partial charge in [-0.3, -0.25) is 0 Å². The maximum atomic E-state index is 12.0. The van der Waals surface area contributed by atoms with Crippen molar-refractivity contribution in [3.8, 4) is 0 Å². The molecule has 108 valence electrons. The molecule has 0 aliphatic heterocycles. The monoisotopic (exact) mass is 404 g/mol. The van der Waals surface area contributed by atoms with Crippen LogP contribution in [0.15, 0.2) is 27.1 Å². The van der Waals surface area contributed by atoms with Crippen molar-refractivity contribution in [1.82, 2.24) is 5.32 Å². The average Bonchev–Trinajstić information content (AvgIpc) is 2.82. The molecule has 0 aromatic heterocycles. The van der Waals surface area contributed by atoms with Crippen LogP contribution in [-0.2, 0) is 4.79 Å². The molecule has 2 rings (SSSR count). The molecule has 1 aromatic carbocycles. The van der Waals surface area contributed by atoms with Gasteiger partial charge >= 0.3 is 12.0 Å². The summed E-state index contributed by atoms with van der Waals surface area (Å²) in [6, 6.07) is 4.83. The topological polar surface area (TPSA) is 78.4 Å². The van der Waals surface area contributed by atoms with Crippen LogP contribution < -0.4 is 10.6 Å². The fourth-order valence-electron chi connectivity index (χ4n) is 2.33. The lowest BCUT2D eigenvalue weighted by molar-refractivity contribution is -0.144. The fraction of sp³-hybridized carbons (Fsp3) is 0.385. The zero-order chi connectivity index (χ0) is 14.8. The van der Waals surface area contributed by atoms with Gasteiger partial charge in [-0.1, -0.05) is 28.8 Å². The number of benzene rings is 1. The maximum absolute atomic E-state index is 12.0. The quantitative estimate of drug-likeness (QED) is 0.716. The zero-order valence-electron chi connectivity index (χ0n) is 10.6. The van der Waals surface area contributed by atoms with Crippen LogP contribution in [0.4, 0.5) is 10.5 Å². The highest BCUT2D eigenvalue weighted by atomic mass is 79.9. The van der Waals surface area contributed by atoms with E-state index < -0.39 is 17.5 Å². The Hall–Kier alpha value is -1.08. The molecule has 20 heavy (non-hydrogen) atoms. The Morgan fingerprint density at radius 3 is 2.40 bits per heavy atom. The molecular formula is C13H14Br2N2O3. The standard InChI is InChI=1S/C13H14Br2N2O3/c14-8-3-4-10(9(15)7-8)16-12(20)17-13(11(18)19)5-1-2-6-13/h3-4,7H,1-2,5-6H2,(H,18,19)(H2,16,17,20). The van der Waals surface area contributed by atoms with E-state index >= 15 is 0 Å². The van der Waals surface area contributed by atoms with Crippen molar-refractivity contribution in [2.75, 3.05) is 5.32 Å². The number of rotatable bonds is 3. The van der Waals surface area contributed by atoms with Crippen molar-refractivity contribution < 1.29 is 14.7 Å². The van der Waals surface area contributed by atoms with Crippen molar-refractivity contribution in [2.45, 2.75) is 31.2 Å². The molecule has 0 heterocycles. The summed E-state index contributed by atoms with van der Waals surface area (Å²) >= 11 is 6.67.